The van der Waals surface area contributed by atoms with Crippen LogP contribution in [0.4, 0.5) is 5.69 Å². The smallest absolute Gasteiger partial charge is 0.266 e. The van der Waals surface area contributed by atoms with E-state index in [4.69, 9.17) is 14.5 Å². The van der Waals surface area contributed by atoms with Gasteiger partial charge in [0.25, 0.3) is 5.91 Å². The van der Waals surface area contributed by atoms with E-state index in [1.165, 1.54) is 11.8 Å². The molecule has 0 spiro atoms. The maximum Gasteiger partial charge on any atom is 0.266 e. The lowest BCUT2D eigenvalue weighted by atomic mass is 10.2. The Morgan fingerprint density at radius 1 is 1.14 bits per heavy atom. The number of amidine groups is 1. The Bertz CT molecular complexity index is 937. The second-order valence-electron chi connectivity index (χ2n) is 6.18. The Morgan fingerprint density at radius 2 is 1.93 bits per heavy atom. The number of hydrogen-bond donors (Lipinski definition) is 0. The predicted octanol–water partition coefficient (Wildman–Crippen LogP) is 5.03. The quantitative estimate of drug-likeness (QED) is 0.643. The number of likely N-dealkylation sites (N-methyl/N-ethyl adjacent to an activating group) is 1. The highest BCUT2D eigenvalue weighted by atomic mass is 32.2. The van der Waals surface area contributed by atoms with E-state index in [9.17, 15) is 4.79 Å². The molecular formula is C22H24N2O3S. The molecule has 1 aliphatic heterocycles. The number of thioether (sulfide) groups is 1. The number of methoxy groups -OCH3 is 1. The van der Waals surface area contributed by atoms with E-state index in [1.54, 1.807) is 12.0 Å². The van der Waals surface area contributed by atoms with Crippen LogP contribution >= 0.6 is 11.8 Å². The van der Waals surface area contributed by atoms with Gasteiger partial charge in [-0.2, -0.15) is 0 Å². The largest absolute Gasteiger partial charge is 0.493 e. The monoisotopic (exact) mass is 396 g/mol. The zero-order valence-corrected chi connectivity index (χ0v) is 17.4. The van der Waals surface area contributed by atoms with E-state index < -0.39 is 0 Å². The van der Waals surface area contributed by atoms with Gasteiger partial charge in [-0.15, -0.1) is 0 Å². The number of para-hydroxylation sites is 1. The SMILES string of the molecule is CCOc1cc(/C=C2/SC(=Nc3ccccc3C)N(CC)C2=O)ccc1OC. The summed E-state index contributed by atoms with van der Waals surface area (Å²) in [6.45, 7) is 7.01. The van der Waals surface area contributed by atoms with Crippen LogP contribution in [0.2, 0.25) is 0 Å². The number of rotatable bonds is 6. The third-order valence-corrected chi connectivity index (χ3v) is 5.33. The van der Waals surface area contributed by atoms with Crippen LogP contribution in [0.3, 0.4) is 0 Å². The Hall–Kier alpha value is -2.73. The van der Waals surface area contributed by atoms with Crippen molar-refractivity contribution in [2.75, 3.05) is 20.3 Å². The lowest BCUT2D eigenvalue weighted by Gasteiger charge is -2.12. The number of carbonyl (C=O) groups is 1. The summed E-state index contributed by atoms with van der Waals surface area (Å²) in [5, 5.41) is 0.701. The predicted molar refractivity (Wildman–Crippen MR) is 115 cm³/mol. The first-order valence-electron chi connectivity index (χ1n) is 9.24. The van der Waals surface area contributed by atoms with Crippen LogP contribution in [0.25, 0.3) is 6.08 Å². The first-order chi connectivity index (χ1) is 13.6. The molecule has 0 radical (unpaired) electrons. The van der Waals surface area contributed by atoms with E-state index in [0.29, 0.717) is 34.7 Å². The van der Waals surface area contributed by atoms with Gasteiger partial charge in [-0.05, 0) is 67.9 Å². The Kier molecular flexibility index (Phi) is 6.41. The molecule has 1 fully saturated rings. The number of ether oxygens (including phenoxy) is 2. The van der Waals surface area contributed by atoms with Gasteiger partial charge in [0.2, 0.25) is 0 Å². The molecular weight excluding hydrogens is 372 g/mol. The fourth-order valence-electron chi connectivity index (χ4n) is 2.86. The Labute approximate surface area is 170 Å². The van der Waals surface area contributed by atoms with Crippen LogP contribution in [0.15, 0.2) is 52.4 Å². The first kappa shape index (κ1) is 20.0. The van der Waals surface area contributed by atoms with Crippen molar-refractivity contribution in [1.82, 2.24) is 4.90 Å². The van der Waals surface area contributed by atoms with Gasteiger partial charge >= 0.3 is 0 Å². The van der Waals surface area contributed by atoms with E-state index in [-0.39, 0.29) is 5.91 Å². The van der Waals surface area contributed by atoms with Crippen LogP contribution in [0, 0.1) is 6.92 Å². The van der Waals surface area contributed by atoms with Gasteiger partial charge in [-0.25, -0.2) is 4.99 Å². The van der Waals surface area contributed by atoms with Crippen LogP contribution < -0.4 is 9.47 Å². The molecule has 0 aromatic heterocycles. The van der Waals surface area contributed by atoms with Crippen molar-refractivity contribution in [3.8, 4) is 11.5 Å². The van der Waals surface area contributed by atoms with Crippen molar-refractivity contribution in [2.24, 2.45) is 4.99 Å². The third kappa shape index (κ3) is 4.22. The van der Waals surface area contributed by atoms with Crippen molar-refractivity contribution in [2.45, 2.75) is 20.8 Å². The highest BCUT2D eigenvalue weighted by molar-refractivity contribution is 8.18. The number of carbonyl (C=O) groups excluding carboxylic acids is 1. The Morgan fingerprint density at radius 3 is 2.61 bits per heavy atom. The fourth-order valence-corrected chi connectivity index (χ4v) is 3.92. The van der Waals surface area contributed by atoms with Gasteiger partial charge in [-0.3, -0.25) is 9.69 Å². The summed E-state index contributed by atoms with van der Waals surface area (Å²) in [7, 11) is 1.61. The van der Waals surface area contributed by atoms with E-state index in [2.05, 4.69) is 0 Å². The van der Waals surface area contributed by atoms with Crippen molar-refractivity contribution in [3.05, 3.63) is 58.5 Å². The van der Waals surface area contributed by atoms with Crippen molar-refractivity contribution in [1.29, 1.82) is 0 Å². The number of hydrogen-bond acceptors (Lipinski definition) is 5. The molecule has 6 heteroatoms. The molecule has 3 rings (SSSR count). The zero-order valence-electron chi connectivity index (χ0n) is 16.6. The molecule has 5 nitrogen and oxygen atoms in total. The number of benzene rings is 2. The highest BCUT2D eigenvalue weighted by Gasteiger charge is 2.32. The molecule has 0 atom stereocenters. The molecule has 1 saturated heterocycles. The maximum atomic E-state index is 12.9. The average Bonchev–Trinajstić information content (AvgIpc) is 2.98. The van der Waals surface area contributed by atoms with Crippen LogP contribution in [-0.4, -0.2) is 36.2 Å². The van der Waals surface area contributed by atoms with Gasteiger partial charge in [0.15, 0.2) is 16.7 Å². The first-order valence-corrected chi connectivity index (χ1v) is 10.1. The normalized spacial score (nSPS) is 16.9. The summed E-state index contributed by atoms with van der Waals surface area (Å²) >= 11 is 1.39. The van der Waals surface area contributed by atoms with Gasteiger partial charge in [0.1, 0.15) is 0 Å². The van der Waals surface area contributed by atoms with Crippen molar-refractivity contribution >= 4 is 34.6 Å². The summed E-state index contributed by atoms with van der Waals surface area (Å²) in [5.41, 5.74) is 2.84. The van der Waals surface area contributed by atoms with Crippen LogP contribution in [-0.2, 0) is 4.79 Å². The van der Waals surface area contributed by atoms with Gasteiger partial charge < -0.3 is 9.47 Å². The van der Waals surface area contributed by atoms with Gasteiger partial charge in [-0.1, -0.05) is 24.3 Å². The maximum absolute atomic E-state index is 12.9. The molecule has 1 aliphatic rings. The summed E-state index contributed by atoms with van der Waals surface area (Å²) in [6, 6.07) is 13.6. The lowest BCUT2D eigenvalue weighted by molar-refractivity contribution is -0.122. The summed E-state index contributed by atoms with van der Waals surface area (Å²) in [5.74, 6) is 1.30. The van der Waals surface area contributed by atoms with E-state index >= 15 is 0 Å². The highest BCUT2D eigenvalue weighted by Crippen LogP contribution is 2.36. The second kappa shape index (κ2) is 8.97. The Balaban J connectivity index is 1.94. The molecule has 146 valence electrons. The molecule has 1 heterocycles. The van der Waals surface area contributed by atoms with Gasteiger partial charge in [0.05, 0.1) is 24.3 Å². The van der Waals surface area contributed by atoms with Crippen LogP contribution in [0.5, 0.6) is 11.5 Å². The molecule has 0 aliphatic carbocycles. The minimum atomic E-state index is -0.0337. The molecule has 0 N–H and O–H groups in total. The number of nitrogens with zero attached hydrogens (tertiary/aromatic N) is 2. The molecule has 2 aromatic carbocycles. The minimum absolute atomic E-state index is 0.0337. The molecule has 0 unspecified atom stereocenters. The minimum Gasteiger partial charge on any atom is -0.493 e. The molecule has 28 heavy (non-hydrogen) atoms. The van der Waals surface area contributed by atoms with E-state index in [1.807, 2.05) is 69.3 Å². The van der Waals surface area contributed by atoms with Crippen molar-refractivity contribution in [3.63, 3.8) is 0 Å². The number of aryl methyl sites for hydroxylation is 1. The number of aliphatic imine (C=N–C) groups is 1. The number of amides is 1. The topological polar surface area (TPSA) is 51.1 Å². The second-order valence-corrected chi connectivity index (χ2v) is 7.19. The molecule has 0 bridgehead atoms. The molecule has 2 aromatic rings. The summed E-state index contributed by atoms with van der Waals surface area (Å²) in [6.07, 6.45) is 1.87. The standard InChI is InChI=1S/C22H24N2O3S/c1-5-24-21(25)20(28-22(24)23-17-10-8-7-9-15(17)3)14-16-11-12-18(26-4)19(13-16)27-6-2/h7-14H,5-6H2,1-4H3/b20-14+,23-22?. The van der Waals surface area contributed by atoms with Crippen LogP contribution in [0.1, 0.15) is 25.0 Å². The fraction of sp³-hybridized carbons (Fsp3) is 0.273. The average molecular weight is 397 g/mol. The van der Waals surface area contributed by atoms with Gasteiger partial charge in [0, 0.05) is 6.54 Å². The summed E-state index contributed by atoms with van der Waals surface area (Å²) < 4.78 is 11.0. The third-order valence-electron chi connectivity index (χ3n) is 4.32. The lowest BCUT2D eigenvalue weighted by Crippen LogP contribution is -2.28. The zero-order chi connectivity index (χ0) is 20.1. The van der Waals surface area contributed by atoms with E-state index in [0.717, 1.165) is 16.8 Å². The molecule has 0 saturated carbocycles. The van der Waals surface area contributed by atoms with Crippen molar-refractivity contribution < 1.29 is 14.3 Å². The summed E-state index contributed by atoms with van der Waals surface area (Å²) in [4.78, 5) is 19.9. The molecule has 1 amide bonds.